The van der Waals surface area contributed by atoms with E-state index in [9.17, 15) is 0 Å². The normalized spacial score (nSPS) is 16.8. The summed E-state index contributed by atoms with van der Waals surface area (Å²) >= 11 is 0. The lowest BCUT2D eigenvalue weighted by molar-refractivity contribution is 0.177. The van der Waals surface area contributed by atoms with Crippen molar-refractivity contribution in [3.05, 3.63) is 47.2 Å². The Bertz CT molecular complexity index is 1000. The number of para-hydroxylation sites is 1. The molecule has 154 valence electrons. The standard InChI is InChI=1S/C21H29N7O/c1-14-16(17-6-4-5-7-18(17)24-14)10-11-23-21(22-2)25-15-8-9-20-26-19(13-29-3)27-28(20)12-15/h4-7,15,24H,8-13H2,1-3H3,(H2,22,23,25). The molecule has 0 fully saturated rings. The Morgan fingerprint density at radius 3 is 3.07 bits per heavy atom. The van der Waals surface area contributed by atoms with E-state index >= 15 is 0 Å². The summed E-state index contributed by atoms with van der Waals surface area (Å²) in [5.74, 6) is 2.61. The average molecular weight is 396 g/mol. The van der Waals surface area contributed by atoms with Crippen molar-refractivity contribution in [1.82, 2.24) is 30.4 Å². The number of methoxy groups -OCH3 is 1. The molecule has 0 spiro atoms. The predicted octanol–water partition coefficient (Wildman–Crippen LogP) is 1.94. The third-order valence-corrected chi connectivity index (χ3v) is 5.43. The van der Waals surface area contributed by atoms with E-state index in [2.05, 4.69) is 61.9 Å². The molecule has 0 bridgehead atoms. The van der Waals surface area contributed by atoms with Crippen molar-refractivity contribution in [2.24, 2.45) is 4.99 Å². The van der Waals surface area contributed by atoms with Gasteiger partial charge in [-0.15, -0.1) is 0 Å². The Morgan fingerprint density at radius 1 is 1.38 bits per heavy atom. The van der Waals surface area contributed by atoms with Crippen LogP contribution in [0, 0.1) is 6.92 Å². The largest absolute Gasteiger partial charge is 0.377 e. The molecule has 3 N–H and O–H groups in total. The number of H-pyrrole nitrogens is 1. The van der Waals surface area contributed by atoms with Crippen LogP contribution in [-0.4, -0.2) is 52.5 Å². The lowest BCUT2D eigenvalue weighted by Gasteiger charge is -2.25. The number of nitrogens with one attached hydrogen (secondary N) is 3. The first-order valence-electron chi connectivity index (χ1n) is 10.1. The molecule has 3 heterocycles. The topological polar surface area (TPSA) is 92.2 Å². The smallest absolute Gasteiger partial charge is 0.191 e. The van der Waals surface area contributed by atoms with Gasteiger partial charge < -0.3 is 20.4 Å². The SMILES string of the molecule is CN=C(NCCc1c(C)[nH]c2ccccc12)NC1CCc2nc(COC)nn2C1. The summed E-state index contributed by atoms with van der Waals surface area (Å²) in [6, 6.07) is 8.73. The van der Waals surface area contributed by atoms with Crippen molar-refractivity contribution in [2.75, 3.05) is 20.7 Å². The Balaban J connectivity index is 1.32. The minimum Gasteiger partial charge on any atom is -0.377 e. The van der Waals surface area contributed by atoms with Crippen molar-refractivity contribution in [1.29, 1.82) is 0 Å². The quantitative estimate of drug-likeness (QED) is 0.438. The van der Waals surface area contributed by atoms with Gasteiger partial charge in [-0.05, 0) is 31.4 Å². The molecule has 1 unspecified atom stereocenters. The highest BCUT2D eigenvalue weighted by Gasteiger charge is 2.22. The van der Waals surface area contributed by atoms with Crippen LogP contribution in [0.5, 0.6) is 0 Å². The molecule has 1 aliphatic rings. The molecule has 29 heavy (non-hydrogen) atoms. The number of hydrogen-bond acceptors (Lipinski definition) is 4. The van der Waals surface area contributed by atoms with E-state index < -0.39 is 0 Å². The van der Waals surface area contributed by atoms with E-state index in [1.165, 1.54) is 22.2 Å². The fraction of sp³-hybridized carbons (Fsp3) is 0.476. The fourth-order valence-electron chi connectivity index (χ4n) is 4.02. The number of benzene rings is 1. The lowest BCUT2D eigenvalue weighted by atomic mass is 10.1. The van der Waals surface area contributed by atoms with Crippen LogP contribution in [0.25, 0.3) is 10.9 Å². The maximum atomic E-state index is 5.14. The molecule has 8 heteroatoms. The lowest BCUT2D eigenvalue weighted by Crippen LogP contribution is -2.47. The number of aryl methyl sites for hydroxylation is 2. The van der Waals surface area contributed by atoms with Crippen LogP contribution < -0.4 is 10.6 Å². The molecule has 1 aromatic carbocycles. The summed E-state index contributed by atoms with van der Waals surface area (Å²) in [7, 11) is 3.48. The zero-order chi connectivity index (χ0) is 20.2. The van der Waals surface area contributed by atoms with Gasteiger partial charge in [-0.25, -0.2) is 9.67 Å². The molecule has 0 aliphatic carbocycles. The molecule has 1 aliphatic heterocycles. The monoisotopic (exact) mass is 395 g/mol. The number of aliphatic imine (C=N–C) groups is 1. The van der Waals surface area contributed by atoms with Crippen LogP contribution in [0.2, 0.25) is 0 Å². The second-order valence-electron chi connectivity index (χ2n) is 7.46. The molecule has 4 rings (SSSR count). The Hall–Kier alpha value is -2.87. The summed E-state index contributed by atoms with van der Waals surface area (Å²) in [6.07, 6.45) is 2.85. The Labute approximate surface area is 170 Å². The molecule has 0 amide bonds. The minimum atomic E-state index is 0.278. The zero-order valence-electron chi connectivity index (χ0n) is 17.3. The molecular weight excluding hydrogens is 366 g/mol. The highest BCUT2D eigenvalue weighted by molar-refractivity contribution is 5.84. The van der Waals surface area contributed by atoms with Gasteiger partial charge in [-0.1, -0.05) is 18.2 Å². The Kier molecular flexibility index (Phi) is 5.80. The first-order chi connectivity index (χ1) is 14.2. The number of aromatic nitrogens is 4. The summed E-state index contributed by atoms with van der Waals surface area (Å²) < 4.78 is 7.12. The molecule has 8 nitrogen and oxygen atoms in total. The number of aromatic amines is 1. The van der Waals surface area contributed by atoms with Crippen LogP contribution in [0.15, 0.2) is 29.3 Å². The summed E-state index contributed by atoms with van der Waals surface area (Å²) in [5, 5.41) is 12.8. The summed E-state index contributed by atoms with van der Waals surface area (Å²) in [5.41, 5.74) is 3.79. The predicted molar refractivity (Wildman–Crippen MR) is 114 cm³/mol. The van der Waals surface area contributed by atoms with E-state index in [0.717, 1.165) is 50.0 Å². The van der Waals surface area contributed by atoms with Gasteiger partial charge in [-0.2, -0.15) is 5.10 Å². The van der Waals surface area contributed by atoms with Gasteiger partial charge in [0.25, 0.3) is 0 Å². The van der Waals surface area contributed by atoms with Crippen LogP contribution in [0.1, 0.15) is 29.3 Å². The summed E-state index contributed by atoms with van der Waals surface area (Å²) in [4.78, 5) is 12.4. The highest BCUT2D eigenvalue weighted by Crippen LogP contribution is 2.22. The van der Waals surface area contributed by atoms with E-state index in [4.69, 9.17) is 4.74 Å². The molecule has 0 saturated heterocycles. The molecule has 1 atom stereocenters. The second-order valence-corrected chi connectivity index (χ2v) is 7.46. The molecular formula is C21H29N7O. The van der Waals surface area contributed by atoms with E-state index in [1.54, 1.807) is 7.11 Å². The Morgan fingerprint density at radius 2 is 2.24 bits per heavy atom. The number of nitrogens with zero attached hydrogens (tertiary/aromatic N) is 4. The fourth-order valence-corrected chi connectivity index (χ4v) is 4.02. The van der Waals surface area contributed by atoms with Crippen LogP contribution in [-0.2, 0) is 30.7 Å². The van der Waals surface area contributed by atoms with E-state index in [1.807, 2.05) is 11.7 Å². The van der Waals surface area contributed by atoms with Crippen molar-refractivity contribution in [2.45, 2.75) is 45.4 Å². The first-order valence-corrected chi connectivity index (χ1v) is 10.1. The highest BCUT2D eigenvalue weighted by atomic mass is 16.5. The number of fused-ring (bicyclic) bond motifs is 2. The van der Waals surface area contributed by atoms with Crippen LogP contribution >= 0.6 is 0 Å². The minimum absolute atomic E-state index is 0.278. The number of ether oxygens (including phenoxy) is 1. The van der Waals surface area contributed by atoms with Crippen molar-refractivity contribution in [3.63, 3.8) is 0 Å². The van der Waals surface area contributed by atoms with E-state index in [0.29, 0.717) is 6.61 Å². The van der Waals surface area contributed by atoms with Crippen LogP contribution in [0.3, 0.4) is 0 Å². The summed E-state index contributed by atoms with van der Waals surface area (Å²) in [6.45, 7) is 4.20. The average Bonchev–Trinajstić information content (AvgIpc) is 3.27. The van der Waals surface area contributed by atoms with Crippen molar-refractivity contribution >= 4 is 16.9 Å². The third kappa shape index (κ3) is 4.27. The zero-order valence-corrected chi connectivity index (χ0v) is 17.3. The van der Waals surface area contributed by atoms with Crippen molar-refractivity contribution in [3.8, 4) is 0 Å². The van der Waals surface area contributed by atoms with E-state index in [-0.39, 0.29) is 6.04 Å². The molecule has 3 aromatic rings. The second kappa shape index (κ2) is 8.65. The molecule has 2 aromatic heterocycles. The van der Waals surface area contributed by atoms with Gasteiger partial charge in [0.15, 0.2) is 11.8 Å². The maximum Gasteiger partial charge on any atom is 0.191 e. The van der Waals surface area contributed by atoms with Gasteiger partial charge in [0.1, 0.15) is 12.4 Å². The maximum absolute atomic E-state index is 5.14. The van der Waals surface area contributed by atoms with Gasteiger partial charge in [0.2, 0.25) is 0 Å². The van der Waals surface area contributed by atoms with Crippen molar-refractivity contribution < 1.29 is 4.74 Å². The molecule has 0 saturated carbocycles. The molecule has 0 radical (unpaired) electrons. The first kappa shape index (κ1) is 19.4. The third-order valence-electron chi connectivity index (χ3n) is 5.43. The number of hydrogen-bond donors (Lipinski definition) is 3. The number of guanidine groups is 1. The van der Waals surface area contributed by atoms with Gasteiger partial charge in [0.05, 0.1) is 6.54 Å². The van der Waals surface area contributed by atoms with Gasteiger partial charge in [-0.3, -0.25) is 4.99 Å². The van der Waals surface area contributed by atoms with Crippen LogP contribution in [0.4, 0.5) is 0 Å². The number of rotatable bonds is 6. The van der Waals surface area contributed by atoms with Gasteiger partial charge in [0, 0.05) is 49.8 Å². The van der Waals surface area contributed by atoms with Gasteiger partial charge >= 0.3 is 0 Å².